The van der Waals surface area contributed by atoms with Crippen LogP contribution in [0.2, 0.25) is 0 Å². The third-order valence-corrected chi connectivity index (χ3v) is 3.06. The molecule has 1 atom stereocenters. The second kappa shape index (κ2) is 7.14. The van der Waals surface area contributed by atoms with Gasteiger partial charge in [0.2, 0.25) is 11.8 Å². The minimum atomic E-state index is -0.254. The molecule has 0 aromatic heterocycles. The molecule has 4 nitrogen and oxygen atoms in total. The third-order valence-electron chi connectivity index (χ3n) is 2.60. The first-order valence-corrected chi connectivity index (χ1v) is 6.75. The van der Waals surface area contributed by atoms with Crippen LogP contribution in [0.4, 0.5) is 11.4 Å². The van der Waals surface area contributed by atoms with Crippen LogP contribution in [0.1, 0.15) is 20.8 Å². The van der Waals surface area contributed by atoms with E-state index in [4.69, 9.17) is 11.6 Å². The number of carbonyl (C=O) groups is 2. The quantitative estimate of drug-likeness (QED) is 0.815. The first-order chi connectivity index (χ1) is 8.93. The third kappa shape index (κ3) is 4.91. The zero-order valence-electron chi connectivity index (χ0n) is 11.4. The monoisotopic (exact) mass is 282 g/mol. The Morgan fingerprint density at radius 1 is 1.11 bits per heavy atom. The highest BCUT2D eigenvalue weighted by Crippen LogP contribution is 2.17. The Morgan fingerprint density at radius 3 is 2.11 bits per heavy atom. The SMILES string of the molecule is CC(C)C(=O)Nc1cccc(NC(=O)C(C)CCl)c1. The summed E-state index contributed by atoms with van der Waals surface area (Å²) < 4.78 is 0. The number of rotatable bonds is 5. The summed E-state index contributed by atoms with van der Waals surface area (Å²) in [6.45, 7) is 5.40. The van der Waals surface area contributed by atoms with Crippen LogP contribution in [-0.2, 0) is 9.59 Å². The molecule has 0 aliphatic rings. The first kappa shape index (κ1) is 15.5. The number of amides is 2. The molecule has 104 valence electrons. The second-order valence-corrected chi connectivity index (χ2v) is 5.08. The number of nitrogens with one attached hydrogen (secondary N) is 2. The van der Waals surface area contributed by atoms with Crippen LogP contribution in [0, 0.1) is 11.8 Å². The zero-order valence-corrected chi connectivity index (χ0v) is 12.1. The molecular formula is C14H19ClN2O2. The lowest BCUT2D eigenvalue weighted by atomic mass is 10.2. The van der Waals surface area contributed by atoms with E-state index in [0.717, 1.165) is 0 Å². The number of anilines is 2. The number of halogens is 1. The maximum Gasteiger partial charge on any atom is 0.228 e. The van der Waals surface area contributed by atoms with E-state index in [9.17, 15) is 9.59 Å². The minimum Gasteiger partial charge on any atom is -0.326 e. The van der Waals surface area contributed by atoms with Crippen molar-refractivity contribution in [3.05, 3.63) is 24.3 Å². The van der Waals surface area contributed by atoms with Gasteiger partial charge in [0, 0.05) is 29.1 Å². The zero-order chi connectivity index (χ0) is 14.4. The molecule has 1 rings (SSSR count). The van der Waals surface area contributed by atoms with Gasteiger partial charge < -0.3 is 10.6 Å². The average molecular weight is 283 g/mol. The Labute approximate surface area is 118 Å². The van der Waals surface area contributed by atoms with Gasteiger partial charge in [0.05, 0.1) is 0 Å². The highest BCUT2D eigenvalue weighted by atomic mass is 35.5. The van der Waals surface area contributed by atoms with Gasteiger partial charge in [-0.05, 0) is 18.2 Å². The molecule has 1 aromatic rings. The largest absolute Gasteiger partial charge is 0.326 e. The topological polar surface area (TPSA) is 58.2 Å². The Bertz CT molecular complexity index is 461. The summed E-state index contributed by atoms with van der Waals surface area (Å²) in [6.07, 6.45) is 0. The highest BCUT2D eigenvalue weighted by Gasteiger charge is 2.12. The molecule has 0 aliphatic carbocycles. The van der Waals surface area contributed by atoms with Gasteiger partial charge in [-0.2, -0.15) is 0 Å². The van der Waals surface area contributed by atoms with Crippen LogP contribution in [0.15, 0.2) is 24.3 Å². The van der Waals surface area contributed by atoms with Crippen molar-refractivity contribution in [2.24, 2.45) is 11.8 Å². The molecule has 0 radical (unpaired) electrons. The van der Waals surface area contributed by atoms with E-state index >= 15 is 0 Å². The number of hydrogen-bond acceptors (Lipinski definition) is 2. The van der Waals surface area contributed by atoms with Crippen LogP contribution in [0.3, 0.4) is 0 Å². The van der Waals surface area contributed by atoms with Gasteiger partial charge in [0.25, 0.3) is 0 Å². The minimum absolute atomic E-state index is 0.0578. The van der Waals surface area contributed by atoms with E-state index in [2.05, 4.69) is 10.6 Å². The van der Waals surface area contributed by atoms with Crippen molar-refractivity contribution in [3.8, 4) is 0 Å². The van der Waals surface area contributed by atoms with Crippen molar-refractivity contribution >= 4 is 34.8 Å². The van der Waals surface area contributed by atoms with Crippen LogP contribution in [-0.4, -0.2) is 17.7 Å². The second-order valence-electron chi connectivity index (χ2n) is 4.77. The van der Waals surface area contributed by atoms with Crippen LogP contribution >= 0.6 is 11.6 Å². The van der Waals surface area contributed by atoms with Crippen molar-refractivity contribution < 1.29 is 9.59 Å². The molecule has 2 amide bonds. The molecule has 1 unspecified atom stereocenters. The van der Waals surface area contributed by atoms with E-state index < -0.39 is 0 Å². The molecule has 1 aromatic carbocycles. The molecule has 0 spiro atoms. The van der Waals surface area contributed by atoms with Crippen LogP contribution < -0.4 is 10.6 Å². The number of alkyl halides is 1. The van der Waals surface area contributed by atoms with E-state index in [0.29, 0.717) is 11.4 Å². The van der Waals surface area contributed by atoms with Crippen molar-refractivity contribution in [2.45, 2.75) is 20.8 Å². The Balaban J connectivity index is 2.72. The van der Waals surface area contributed by atoms with Crippen molar-refractivity contribution in [1.82, 2.24) is 0 Å². The predicted octanol–water partition coefficient (Wildman–Crippen LogP) is 3.09. The molecule has 5 heteroatoms. The molecule has 0 saturated carbocycles. The van der Waals surface area contributed by atoms with Crippen LogP contribution in [0.5, 0.6) is 0 Å². The van der Waals surface area contributed by atoms with Crippen molar-refractivity contribution in [2.75, 3.05) is 16.5 Å². The number of benzene rings is 1. The Kier molecular flexibility index (Phi) is 5.83. The standard InChI is InChI=1S/C14H19ClN2O2/c1-9(2)13(18)16-11-5-4-6-12(7-11)17-14(19)10(3)8-15/h4-7,9-10H,8H2,1-3H3,(H,16,18)(H,17,19). The highest BCUT2D eigenvalue weighted by molar-refractivity contribution is 6.19. The Hall–Kier alpha value is -1.55. The van der Waals surface area contributed by atoms with Gasteiger partial charge in [0.15, 0.2) is 0 Å². The smallest absolute Gasteiger partial charge is 0.228 e. The van der Waals surface area contributed by atoms with Crippen molar-refractivity contribution in [1.29, 1.82) is 0 Å². The van der Waals surface area contributed by atoms with E-state index in [-0.39, 0.29) is 29.5 Å². The molecule has 0 bridgehead atoms. The fourth-order valence-corrected chi connectivity index (χ4v) is 1.44. The van der Waals surface area contributed by atoms with Gasteiger partial charge in [-0.15, -0.1) is 11.6 Å². The maximum atomic E-state index is 11.7. The summed E-state index contributed by atoms with van der Waals surface area (Å²) in [6, 6.07) is 7.04. The molecule has 0 aliphatic heterocycles. The van der Waals surface area contributed by atoms with Gasteiger partial charge in [-0.25, -0.2) is 0 Å². The fraction of sp³-hybridized carbons (Fsp3) is 0.429. The maximum absolute atomic E-state index is 11.7. The van der Waals surface area contributed by atoms with Gasteiger partial charge in [0.1, 0.15) is 0 Å². The normalized spacial score (nSPS) is 12.1. The lowest BCUT2D eigenvalue weighted by molar-refractivity contribution is -0.119. The lowest BCUT2D eigenvalue weighted by Gasteiger charge is -2.12. The van der Waals surface area contributed by atoms with Gasteiger partial charge in [-0.3, -0.25) is 9.59 Å². The fourth-order valence-electron chi connectivity index (χ4n) is 1.30. The molecule has 19 heavy (non-hydrogen) atoms. The van der Waals surface area contributed by atoms with E-state index in [1.54, 1.807) is 31.2 Å². The average Bonchev–Trinajstić information content (AvgIpc) is 2.37. The van der Waals surface area contributed by atoms with E-state index in [1.165, 1.54) is 0 Å². The van der Waals surface area contributed by atoms with Gasteiger partial charge >= 0.3 is 0 Å². The number of hydrogen-bond donors (Lipinski definition) is 2. The summed E-state index contributed by atoms with van der Waals surface area (Å²) >= 11 is 5.63. The summed E-state index contributed by atoms with van der Waals surface area (Å²) in [5.41, 5.74) is 1.30. The first-order valence-electron chi connectivity index (χ1n) is 6.21. The van der Waals surface area contributed by atoms with Crippen molar-refractivity contribution in [3.63, 3.8) is 0 Å². The summed E-state index contributed by atoms with van der Waals surface area (Å²) in [5, 5.41) is 5.54. The lowest BCUT2D eigenvalue weighted by Crippen LogP contribution is -2.21. The Morgan fingerprint density at radius 2 is 1.63 bits per heavy atom. The summed E-state index contributed by atoms with van der Waals surface area (Å²) in [4.78, 5) is 23.3. The predicted molar refractivity (Wildman–Crippen MR) is 78.4 cm³/mol. The molecule has 0 heterocycles. The van der Waals surface area contributed by atoms with Gasteiger partial charge in [-0.1, -0.05) is 26.8 Å². The summed E-state index contributed by atoms with van der Waals surface area (Å²) in [7, 11) is 0. The summed E-state index contributed by atoms with van der Waals surface area (Å²) in [5.74, 6) is -0.264. The number of carbonyl (C=O) groups excluding carboxylic acids is 2. The molecular weight excluding hydrogens is 264 g/mol. The molecule has 0 saturated heterocycles. The van der Waals surface area contributed by atoms with E-state index in [1.807, 2.05) is 13.8 Å². The molecule has 0 fully saturated rings. The van der Waals surface area contributed by atoms with Crippen LogP contribution in [0.25, 0.3) is 0 Å². The molecule has 2 N–H and O–H groups in total.